The lowest BCUT2D eigenvalue weighted by molar-refractivity contribution is 0.0278. The highest BCUT2D eigenvalue weighted by atomic mass is 16.3. The highest BCUT2D eigenvalue weighted by Gasteiger charge is 2.31. The summed E-state index contributed by atoms with van der Waals surface area (Å²) in [5, 5.41) is 22.4. The second-order valence-corrected chi connectivity index (χ2v) is 5.56. The van der Waals surface area contributed by atoms with E-state index in [-0.39, 0.29) is 12.1 Å². The van der Waals surface area contributed by atoms with Crippen molar-refractivity contribution in [2.75, 3.05) is 32.8 Å². The van der Waals surface area contributed by atoms with Gasteiger partial charge in [-0.1, -0.05) is 12.1 Å². The number of aryl methyl sites for hydroxylation is 1. The van der Waals surface area contributed by atoms with Crippen LogP contribution in [-0.2, 0) is 6.42 Å². The Hall–Kier alpha value is -1.10. The summed E-state index contributed by atoms with van der Waals surface area (Å²) in [4.78, 5) is 2.38. The van der Waals surface area contributed by atoms with E-state index in [4.69, 9.17) is 0 Å². The standard InChI is InChI=1S/C15H24N2O2/c1-15(12-18,17-10-8-16-9-11-17)7-6-13-2-4-14(19)5-3-13/h2-5,16,18-19H,6-12H2,1H3. The molecule has 1 saturated heterocycles. The number of aliphatic hydroxyl groups is 1. The van der Waals surface area contributed by atoms with E-state index < -0.39 is 0 Å². The van der Waals surface area contributed by atoms with E-state index in [1.165, 1.54) is 5.56 Å². The summed E-state index contributed by atoms with van der Waals surface area (Å²) in [6, 6.07) is 7.34. The summed E-state index contributed by atoms with van der Waals surface area (Å²) in [7, 11) is 0. The van der Waals surface area contributed by atoms with Gasteiger partial charge in [0.05, 0.1) is 6.61 Å². The molecule has 1 unspecified atom stereocenters. The van der Waals surface area contributed by atoms with Gasteiger partial charge in [0.1, 0.15) is 5.75 Å². The first-order valence-electron chi connectivity index (χ1n) is 6.99. The molecular weight excluding hydrogens is 240 g/mol. The number of aromatic hydroxyl groups is 1. The molecule has 4 heteroatoms. The first-order chi connectivity index (χ1) is 9.14. The molecule has 1 aliphatic heterocycles. The fourth-order valence-electron chi connectivity index (χ4n) is 2.62. The van der Waals surface area contributed by atoms with Crippen LogP contribution >= 0.6 is 0 Å². The van der Waals surface area contributed by atoms with Crippen molar-refractivity contribution < 1.29 is 10.2 Å². The van der Waals surface area contributed by atoms with Gasteiger partial charge in [0.2, 0.25) is 0 Å². The molecule has 0 aliphatic carbocycles. The zero-order chi connectivity index (χ0) is 13.7. The Morgan fingerprint density at radius 2 is 1.84 bits per heavy atom. The molecule has 0 bridgehead atoms. The zero-order valence-electron chi connectivity index (χ0n) is 11.6. The first kappa shape index (κ1) is 14.3. The smallest absolute Gasteiger partial charge is 0.115 e. The van der Waals surface area contributed by atoms with Crippen LogP contribution in [0.4, 0.5) is 0 Å². The summed E-state index contributed by atoms with van der Waals surface area (Å²) in [5.41, 5.74) is 1.05. The second kappa shape index (κ2) is 6.37. The van der Waals surface area contributed by atoms with Crippen molar-refractivity contribution in [2.45, 2.75) is 25.3 Å². The Morgan fingerprint density at radius 1 is 1.21 bits per heavy atom. The maximum atomic E-state index is 9.76. The van der Waals surface area contributed by atoms with E-state index in [9.17, 15) is 10.2 Å². The van der Waals surface area contributed by atoms with Gasteiger partial charge in [-0.15, -0.1) is 0 Å². The van der Waals surface area contributed by atoms with E-state index in [1.807, 2.05) is 12.1 Å². The van der Waals surface area contributed by atoms with Crippen molar-refractivity contribution in [3.05, 3.63) is 29.8 Å². The topological polar surface area (TPSA) is 55.7 Å². The maximum Gasteiger partial charge on any atom is 0.115 e. The minimum absolute atomic E-state index is 0.153. The summed E-state index contributed by atoms with van der Waals surface area (Å²) < 4.78 is 0. The third-order valence-corrected chi connectivity index (χ3v) is 4.11. The number of benzene rings is 1. The third-order valence-electron chi connectivity index (χ3n) is 4.11. The molecule has 1 aliphatic rings. The minimum Gasteiger partial charge on any atom is -0.508 e. The molecule has 2 rings (SSSR count). The van der Waals surface area contributed by atoms with E-state index in [0.29, 0.717) is 5.75 Å². The van der Waals surface area contributed by atoms with Crippen LogP contribution in [0.25, 0.3) is 0 Å². The number of piperazine rings is 1. The number of hydrogen-bond acceptors (Lipinski definition) is 4. The Bertz CT molecular complexity index is 388. The Morgan fingerprint density at radius 3 is 2.42 bits per heavy atom. The minimum atomic E-state index is -0.153. The van der Waals surface area contributed by atoms with Gasteiger partial charge < -0.3 is 15.5 Å². The molecule has 106 valence electrons. The van der Waals surface area contributed by atoms with Gasteiger partial charge in [-0.25, -0.2) is 0 Å². The number of phenolic OH excluding ortho intramolecular Hbond substituents is 1. The number of phenols is 1. The average Bonchev–Trinajstić information content (AvgIpc) is 2.47. The van der Waals surface area contributed by atoms with Gasteiger partial charge in [-0.2, -0.15) is 0 Å². The summed E-state index contributed by atoms with van der Waals surface area (Å²) in [6.45, 7) is 6.30. The van der Waals surface area contributed by atoms with Crippen LogP contribution in [0.15, 0.2) is 24.3 Å². The van der Waals surface area contributed by atoms with Crippen LogP contribution in [0.3, 0.4) is 0 Å². The fraction of sp³-hybridized carbons (Fsp3) is 0.600. The number of nitrogens with zero attached hydrogens (tertiary/aromatic N) is 1. The lowest BCUT2D eigenvalue weighted by Gasteiger charge is -2.42. The molecule has 4 nitrogen and oxygen atoms in total. The van der Waals surface area contributed by atoms with Gasteiger partial charge in [-0.3, -0.25) is 4.90 Å². The molecule has 1 heterocycles. The van der Waals surface area contributed by atoms with Crippen LogP contribution in [0, 0.1) is 0 Å². The molecular formula is C15H24N2O2. The van der Waals surface area contributed by atoms with Gasteiger partial charge >= 0.3 is 0 Å². The summed E-state index contributed by atoms with van der Waals surface area (Å²) >= 11 is 0. The Kier molecular flexibility index (Phi) is 4.80. The van der Waals surface area contributed by atoms with Crippen LogP contribution in [0.1, 0.15) is 18.9 Å². The second-order valence-electron chi connectivity index (χ2n) is 5.56. The Balaban J connectivity index is 1.95. The van der Waals surface area contributed by atoms with Crippen molar-refractivity contribution in [1.29, 1.82) is 0 Å². The molecule has 3 N–H and O–H groups in total. The van der Waals surface area contributed by atoms with Crippen molar-refractivity contribution >= 4 is 0 Å². The number of hydrogen-bond donors (Lipinski definition) is 3. The van der Waals surface area contributed by atoms with Gasteiger partial charge in [-0.05, 0) is 37.5 Å². The molecule has 0 amide bonds. The third kappa shape index (κ3) is 3.69. The predicted molar refractivity (Wildman–Crippen MR) is 76.4 cm³/mol. The average molecular weight is 264 g/mol. The molecule has 19 heavy (non-hydrogen) atoms. The van der Waals surface area contributed by atoms with Crippen LogP contribution in [0.5, 0.6) is 5.75 Å². The predicted octanol–water partition coefficient (Wildman–Crippen LogP) is 0.981. The van der Waals surface area contributed by atoms with E-state index >= 15 is 0 Å². The fourth-order valence-corrected chi connectivity index (χ4v) is 2.62. The van der Waals surface area contributed by atoms with E-state index in [2.05, 4.69) is 17.1 Å². The monoisotopic (exact) mass is 264 g/mol. The maximum absolute atomic E-state index is 9.76. The molecule has 0 aromatic heterocycles. The normalized spacial score (nSPS) is 20.1. The molecule has 1 aromatic rings. The lowest BCUT2D eigenvalue weighted by atomic mass is 9.91. The number of nitrogens with one attached hydrogen (secondary N) is 1. The number of rotatable bonds is 5. The van der Waals surface area contributed by atoms with E-state index in [1.54, 1.807) is 12.1 Å². The highest BCUT2D eigenvalue weighted by molar-refractivity contribution is 5.26. The van der Waals surface area contributed by atoms with Crippen LogP contribution in [0.2, 0.25) is 0 Å². The molecule has 0 radical (unpaired) electrons. The van der Waals surface area contributed by atoms with Gasteiger partial charge in [0, 0.05) is 31.7 Å². The zero-order valence-corrected chi connectivity index (χ0v) is 11.6. The van der Waals surface area contributed by atoms with Gasteiger partial charge in [0.25, 0.3) is 0 Å². The van der Waals surface area contributed by atoms with E-state index in [0.717, 1.165) is 39.0 Å². The summed E-state index contributed by atoms with van der Waals surface area (Å²) in [5.74, 6) is 0.302. The molecule has 1 atom stereocenters. The highest BCUT2D eigenvalue weighted by Crippen LogP contribution is 2.22. The van der Waals surface area contributed by atoms with Crippen molar-refractivity contribution in [2.24, 2.45) is 0 Å². The molecule has 1 aromatic carbocycles. The quantitative estimate of drug-likeness (QED) is 0.742. The molecule has 0 spiro atoms. The van der Waals surface area contributed by atoms with Crippen LogP contribution in [-0.4, -0.2) is 53.4 Å². The largest absolute Gasteiger partial charge is 0.508 e. The van der Waals surface area contributed by atoms with Crippen molar-refractivity contribution in [3.63, 3.8) is 0 Å². The molecule has 0 saturated carbocycles. The molecule has 1 fully saturated rings. The summed E-state index contributed by atoms with van der Waals surface area (Å²) in [6.07, 6.45) is 1.84. The van der Waals surface area contributed by atoms with Crippen molar-refractivity contribution in [1.82, 2.24) is 10.2 Å². The number of aliphatic hydroxyl groups excluding tert-OH is 1. The lowest BCUT2D eigenvalue weighted by Crippen LogP contribution is -2.56. The van der Waals surface area contributed by atoms with Crippen LogP contribution < -0.4 is 5.32 Å². The van der Waals surface area contributed by atoms with Crippen molar-refractivity contribution in [3.8, 4) is 5.75 Å². The first-order valence-corrected chi connectivity index (χ1v) is 6.99. The Labute approximate surface area is 115 Å². The SMILES string of the molecule is CC(CO)(CCc1ccc(O)cc1)N1CCNCC1. The van der Waals surface area contributed by atoms with Gasteiger partial charge in [0.15, 0.2) is 0 Å².